The summed E-state index contributed by atoms with van der Waals surface area (Å²) in [6, 6.07) is 8.31. The summed E-state index contributed by atoms with van der Waals surface area (Å²) in [5, 5.41) is 11.6. The monoisotopic (exact) mass is 383 g/mol. The Morgan fingerprint density at radius 2 is 2.04 bits per heavy atom. The maximum Gasteiger partial charge on any atom is 0.216 e. The average molecular weight is 384 g/mol. The summed E-state index contributed by atoms with van der Waals surface area (Å²) in [5.41, 5.74) is 5.50. The highest BCUT2D eigenvalue weighted by Crippen LogP contribution is 2.28. The fourth-order valence-electron chi connectivity index (χ4n) is 2.92. The van der Waals surface area contributed by atoms with Gasteiger partial charge in [-0.1, -0.05) is 26.0 Å². The number of nitrogens with one attached hydrogen (secondary N) is 2. The van der Waals surface area contributed by atoms with E-state index >= 15 is 0 Å². The van der Waals surface area contributed by atoms with Crippen LogP contribution in [0.15, 0.2) is 29.4 Å². The minimum absolute atomic E-state index is 0.277. The molecule has 2 heterocycles. The van der Waals surface area contributed by atoms with Crippen LogP contribution < -0.4 is 4.74 Å². The van der Waals surface area contributed by atoms with Crippen molar-refractivity contribution in [3.63, 3.8) is 0 Å². The Hall–Kier alpha value is -2.67. The molecule has 27 heavy (non-hydrogen) atoms. The van der Waals surface area contributed by atoms with Crippen molar-refractivity contribution in [1.29, 1.82) is 0 Å². The summed E-state index contributed by atoms with van der Waals surface area (Å²) in [6.07, 6.45) is 1.78. The smallest absolute Gasteiger partial charge is 0.216 e. The van der Waals surface area contributed by atoms with E-state index in [0.29, 0.717) is 16.5 Å². The van der Waals surface area contributed by atoms with Crippen LogP contribution in [0.2, 0.25) is 0 Å². The maximum absolute atomic E-state index is 6.07. The molecule has 2 N–H and O–H groups in total. The van der Waals surface area contributed by atoms with Gasteiger partial charge in [-0.15, -0.1) is 0 Å². The van der Waals surface area contributed by atoms with Crippen LogP contribution in [0.1, 0.15) is 53.7 Å². The van der Waals surface area contributed by atoms with Crippen molar-refractivity contribution in [2.24, 2.45) is 5.10 Å². The van der Waals surface area contributed by atoms with E-state index in [-0.39, 0.29) is 6.61 Å². The van der Waals surface area contributed by atoms with E-state index in [4.69, 9.17) is 17.0 Å². The molecule has 6 nitrogen and oxygen atoms in total. The largest absolute Gasteiger partial charge is 0.485 e. The lowest BCUT2D eigenvalue weighted by molar-refractivity contribution is 0.286. The van der Waals surface area contributed by atoms with E-state index in [1.54, 1.807) is 10.9 Å². The Labute approximate surface area is 164 Å². The zero-order valence-corrected chi connectivity index (χ0v) is 17.1. The van der Waals surface area contributed by atoms with Crippen molar-refractivity contribution in [3.05, 3.63) is 62.9 Å². The fraction of sp³-hybridized carbons (Fsp3) is 0.350. The summed E-state index contributed by atoms with van der Waals surface area (Å²) >= 11 is 5.31. The van der Waals surface area contributed by atoms with E-state index in [2.05, 4.69) is 59.3 Å². The van der Waals surface area contributed by atoms with Gasteiger partial charge in [-0.3, -0.25) is 0 Å². The van der Waals surface area contributed by atoms with Crippen molar-refractivity contribution < 1.29 is 4.74 Å². The molecule has 0 atom stereocenters. The van der Waals surface area contributed by atoms with Crippen LogP contribution >= 0.6 is 12.2 Å². The third-order valence-corrected chi connectivity index (χ3v) is 4.63. The van der Waals surface area contributed by atoms with Crippen LogP contribution in [-0.2, 0) is 6.61 Å². The van der Waals surface area contributed by atoms with Gasteiger partial charge >= 0.3 is 0 Å². The van der Waals surface area contributed by atoms with Gasteiger partial charge in [-0.05, 0) is 62.2 Å². The maximum atomic E-state index is 6.07. The first-order valence-electron chi connectivity index (χ1n) is 8.95. The normalized spacial score (nSPS) is 11.6. The quantitative estimate of drug-likeness (QED) is 0.475. The van der Waals surface area contributed by atoms with E-state index in [9.17, 15) is 0 Å². The summed E-state index contributed by atoms with van der Waals surface area (Å²) in [4.78, 5) is 3.26. The molecule has 0 aliphatic rings. The number of ether oxygens (including phenoxy) is 1. The number of H-pyrrole nitrogens is 2. The van der Waals surface area contributed by atoms with Crippen LogP contribution in [0, 0.1) is 25.5 Å². The molecule has 0 saturated carbocycles. The van der Waals surface area contributed by atoms with Gasteiger partial charge in [0.05, 0.1) is 6.21 Å². The lowest BCUT2D eigenvalue weighted by Crippen LogP contribution is -2.06. The molecule has 142 valence electrons. The van der Waals surface area contributed by atoms with E-state index in [1.165, 1.54) is 5.56 Å². The lowest BCUT2D eigenvalue weighted by atomic mass is 10.0. The standard InChI is InChI=1S/C20H25N5OS/c1-12(2)17-7-6-13(3)8-18(17)26-11-19-23-24-20(27)25(19)21-10-16-9-14(4)22-15(16)5/h6-10,12,22H,11H2,1-5H3,(H,24,27)/b21-10+. The van der Waals surface area contributed by atoms with Crippen LogP contribution in [0.4, 0.5) is 0 Å². The summed E-state index contributed by atoms with van der Waals surface area (Å²) in [6.45, 7) is 10.7. The van der Waals surface area contributed by atoms with Gasteiger partial charge in [0.2, 0.25) is 4.77 Å². The molecule has 0 aliphatic heterocycles. The molecule has 7 heteroatoms. The van der Waals surface area contributed by atoms with Crippen LogP contribution in [0.3, 0.4) is 0 Å². The van der Waals surface area contributed by atoms with Gasteiger partial charge in [0.25, 0.3) is 0 Å². The van der Waals surface area contributed by atoms with Crippen molar-refractivity contribution >= 4 is 18.4 Å². The third-order valence-electron chi connectivity index (χ3n) is 4.37. The first-order valence-corrected chi connectivity index (χ1v) is 9.36. The molecule has 0 bridgehead atoms. The van der Waals surface area contributed by atoms with E-state index in [0.717, 1.165) is 28.3 Å². The second-order valence-corrected chi connectivity index (χ2v) is 7.41. The van der Waals surface area contributed by atoms with Crippen molar-refractivity contribution in [2.75, 3.05) is 0 Å². The molecular weight excluding hydrogens is 358 g/mol. The molecule has 0 fully saturated rings. The van der Waals surface area contributed by atoms with Crippen molar-refractivity contribution in [3.8, 4) is 5.75 Å². The molecule has 1 aromatic carbocycles. The molecule has 3 aromatic rings. The second-order valence-electron chi connectivity index (χ2n) is 7.02. The van der Waals surface area contributed by atoms with Gasteiger partial charge in [-0.2, -0.15) is 14.9 Å². The minimum atomic E-state index is 0.277. The summed E-state index contributed by atoms with van der Waals surface area (Å²) in [7, 11) is 0. The van der Waals surface area contributed by atoms with Crippen LogP contribution in [0.25, 0.3) is 0 Å². The Morgan fingerprint density at radius 3 is 2.70 bits per heavy atom. The highest BCUT2D eigenvalue weighted by atomic mass is 32.1. The molecule has 0 saturated heterocycles. The van der Waals surface area contributed by atoms with Crippen LogP contribution in [-0.4, -0.2) is 26.1 Å². The predicted molar refractivity (Wildman–Crippen MR) is 110 cm³/mol. The summed E-state index contributed by atoms with van der Waals surface area (Å²) in [5.74, 6) is 1.86. The number of hydrogen-bond donors (Lipinski definition) is 2. The molecule has 2 aromatic heterocycles. The van der Waals surface area contributed by atoms with Gasteiger partial charge in [-0.25, -0.2) is 5.10 Å². The van der Waals surface area contributed by atoms with Gasteiger partial charge in [0, 0.05) is 17.0 Å². The fourth-order valence-corrected chi connectivity index (χ4v) is 3.12. The van der Waals surface area contributed by atoms with Crippen molar-refractivity contribution in [1.82, 2.24) is 19.9 Å². The average Bonchev–Trinajstić information content (AvgIpc) is 3.12. The number of hydrogen-bond acceptors (Lipinski definition) is 4. The first kappa shape index (κ1) is 19.1. The molecule has 0 spiro atoms. The van der Waals surface area contributed by atoms with E-state index in [1.807, 2.05) is 19.9 Å². The van der Waals surface area contributed by atoms with Crippen molar-refractivity contribution in [2.45, 2.75) is 47.1 Å². The van der Waals surface area contributed by atoms with Gasteiger partial charge in [0.15, 0.2) is 5.82 Å². The summed E-state index contributed by atoms with van der Waals surface area (Å²) < 4.78 is 8.10. The molecular formula is C20H25N5OS. The number of aromatic amines is 2. The topological polar surface area (TPSA) is 71.0 Å². The predicted octanol–water partition coefficient (Wildman–Crippen LogP) is 4.78. The zero-order chi connectivity index (χ0) is 19.6. The molecule has 0 radical (unpaired) electrons. The number of rotatable bonds is 6. The number of benzene rings is 1. The molecule has 0 amide bonds. The molecule has 0 aliphatic carbocycles. The highest BCUT2D eigenvalue weighted by Gasteiger charge is 2.11. The Balaban J connectivity index is 1.83. The number of nitrogens with zero attached hydrogens (tertiary/aromatic N) is 3. The third kappa shape index (κ3) is 4.36. The Morgan fingerprint density at radius 1 is 1.26 bits per heavy atom. The molecule has 3 rings (SSSR count). The second kappa shape index (κ2) is 7.92. The zero-order valence-electron chi connectivity index (χ0n) is 16.3. The van der Waals surface area contributed by atoms with E-state index < -0.39 is 0 Å². The highest BCUT2D eigenvalue weighted by molar-refractivity contribution is 7.71. The number of aromatic nitrogens is 4. The van der Waals surface area contributed by atoms with Gasteiger partial charge in [0.1, 0.15) is 12.4 Å². The Kier molecular flexibility index (Phi) is 5.60. The minimum Gasteiger partial charge on any atom is -0.485 e. The molecule has 0 unspecified atom stereocenters. The number of aryl methyl sites for hydroxylation is 3. The first-order chi connectivity index (χ1) is 12.8. The van der Waals surface area contributed by atoms with Gasteiger partial charge < -0.3 is 9.72 Å². The SMILES string of the molecule is Cc1ccc(C(C)C)c(OCc2n[nH]c(=S)n2/N=C/c2cc(C)[nH]c2C)c1. The Bertz CT molecular complexity index is 1030. The lowest BCUT2D eigenvalue weighted by Gasteiger charge is -2.14. The van der Waals surface area contributed by atoms with Crippen LogP contribution in [0.5, 0.6) is 5.75 Å².